The van der Waals surface area contributed by atoms with E-state index in [1.807, 2.05) is 9.82 Å². The van der Waals surface area contributed by atoms with Gasteiger partial charge in [0.1, 0.15) is 0 Å². The van der Waals surface area contributed by atoms with Crippen molar-refractivity contribution in [2.75, 3.05) is 32.7 Å². The maximum atomic E-state index is 13.0. The Hall–Kier alpha value is -0.540. The second-order valence-corrected chi connectivity index (χ2v) is 9.55. The molecular weight excluding hydrogens is 332 g/mol. The number of aromatic nitrogens is 1. The first-order valence-electron chi connectivity index (χ1n) is 8.49. The van der Waals surface area contributed by atoms with Gasteiger partial charge in [-0.15, -0.1) is 11.3 Å². The lowest BCUT2D eigenvalue weighted by Crippen LogP contribution is -2.52. The van der Waals surface area contributed by atoms with Crippen LogP contribution in [0.15, 0.2) is 10.9 Å². The Labute approximate surface area is 142 Å². The Bertz CT molecular complexity index is 628. The standard InChI is InChI=1S/C15H24N4O2S2/c20-23(21,18-5-1-2-6-18)19-8-13-3-4-15(19)10-17(7-13)9-14-11-22-12-16-14/h11-13,15H,1-10H2/t13-,15+/m0/s1. The number of hydrogen-bond donors (Lipinski definition) is 0. The van der Waals surface area contributed by atoms with Crippen molar-refractivity contribution >= 4 is 21.5 Å². The van der Waals surface area contributed by atoms with Crippen molar-refractivity contribution in [1.82, 2.24) is 18.5 Å². The molecule has 4 saturated heterocycles. The van der Waals surface area contributed by atoms with Crippen molar-refractivity contribution in [2.24, 2.45) is 5.92 Å². The minimum Gasteiger partial charge on any atom is -0.296 e. The van der Waals surface area contributed by atoms with Gasteiger partial charge in [-0.25, -0.2) is 4.98 Å². The van der Waals surface area contributed by atoms with E-state index in [9.17, 15) is 8.42 Å². The van der Waals surface area contributed by atoms with E-state index in [2.05, 4.69) is 15.3 Å². The molecule has 0 aromatic carbocycles. The highest BCUT2D eigenvalue weighted by atomic mass is 32.2. The summed E-state index contributed by atoms with van der Waals surface area (Å²) in [5.41, 5.74) is 2.97. The molecule has 0 N–H and O–H groups in total. The fourth-order valence-corrected chi connectivity index (χ4v) is 6.67. The molecule has 4 fully saturated rings. The highest BCUT2D eigenvalue weighted by Gasteiger charge is 2.43. The molecule has 0 amide bonds. The van der Waals surface area contributed by atoms with Crippen LogP contribution in [-0.2, 0) is 16.8 Å². The Morgan fingerprint density at radius 2 is 2.00 bits per heavy atom. The van der Waals surface area contributed by atoms with Gasteiger partial charge in [0, 0.05) is 50.7 Å². The molecule has 2 bridgehead atoms. The molecule has 8 heteroatoms. The summed E-state index contributed by atoms with van der Waals surface area (Å²) in [5, 5.41) is 2.09. The van der Waals surface area contributed by atoms with Gasteiger partial charge in [0.05, 0.1) is 11.2 Å². The van der Waals surface area contributed by atoms with E-state index in [-0.39, 0.29) is 6.04 Å². The van der Waals surface area contributed by atoms with Crippen LogP contribution in [0.1, 0.15) is 31.4 Å². The zero-order valence-corrected chi connectivity index (χ0v) is 14.9. The van der Waals surface area contributed by atoms with Crippen LogP contribution in [-0.4, -0.2) is 65.7 Å². The van der Waals surface area contributed by atoms with Gasteiger partial charge >= 0.3 is 0 Å². The molecule has 23 heavy (non-hydrogen) atoms. The third-order valence-corrected chi connectivity index (χ3v) is 7.99. The summed E-state index contributed by atoms with van der Waals surface area (Å²) in [6, 6.07) is 0.123. The Morgan fingerprint density at radius 1 is 1.17 bits per heavy atom. The molecule has 5 rings (SSSR count). The minimum atomic E-state index is -3.27. The lowest BCUT2D eigenvalue weighted by atomic mass is 9.97. The first-order valence-corrected chi connectivity index (χ1v) is 10.8. The summed E-state index contributed by atoms with van der Waals surface area (Å²) >= 11 is 1.62. The Balaban J connectivity index is 1.51. The maximum Gasteiger partial charge on any atom is 0.282 e. The lowest BCUT2D eigenvalue weighted by molar-refractivity contribution is 0.213. The normalized spacial score (nSPS) is 30.8. The van der Waals surface area contributed by atoms with Crippen molar-refractivity contribution in [3.63, 3.8) is 0 Å². The molecule has 0 spiro atoms. The fraction of sp³-hybridized carbons (Fsp3) is 0.800. The van der Waals surface area contributed by atoms with Crippen LogP contribution in [0, 0.1) is 5.92 Å². The summed E-state index contributed by atoms with van der Waals surface area (Å²) in [4.78, 5) is 6.78. The van der Waals surface area contributed by atoms with Crippen LogP contribution in [0.2, 0.25) is 0 Å². The average Bonchev–Trinajstić information content (AvgIpc) is 3.17. The summed E-state index contributed by atoms with van der Waals surface area (Å²) in [6.45, 7) is 4.74. The number of hydrogen-bond acceptors (Lipinski definition) is 5. The number of nitrogens with zero attached hydrogens (tertiary/aromatic N) is 4. The highest BCUT2D eigenvalue weighted by molar-refractivity contribution is 7.86. The molecule has 0 unspecified atom stereocenters. The molecule has 0 radical (unpaired) electrons. The molecule has 2 atom stereocenters. The van der Waals surface area contributed by atoms with Gasteiger partial charge in [-0.1, -0.05) is 0 Å². The van der Waals surface area contributed by atoms with E-state index in [1.54, 1.807) is 15.6 Å². The molecule has 128 valence electrons. The molecule has 0 aliphatic carbocycles. The predicted molar refractivity (Wildman–Crippen MR) is 90.3 cm³/mol. The fourth-order valence-electron chi connectivity index (χ4n) is 4.16. The Kier molecular flexibility index (Phi) is 4.44. The van der Waals surface area contributed by atoms with Gasteiger partial charge in [0.25, 0.3) is 10.2 Å². The lowest BCUT2D eigenvalue weighted by Gasteiger charge is -2.37. The molecule has 1 aromatic rings. The predicted octanol–water partition coefficient (Wildman–Crippen LogP) is 1.38. The van der Waals surface area contributed by atoms with Crippen molar-refractivity contribution < 1.29 is 8.42 Å². The average molecular weight is 357 g/mol. The smallest absolute Gasteiger partial charge is 0.282 e. The summed E-state index contributed by atoms with van der Waals surface area (Å²) in [6.07, 6.45) is 4.13. The number of piperidine rings is 1. The van der Waals surface area contributed by atoms with Crippen LogP contribution < -0.4 is 0 Å². The SMILES string of the molecule is O=S(=O)(N1CCCC1)N1C[C@H]2CC[C@@H]1CN(Cc1cscn1)C2. The first kappa shape index (κ1) is 16.0. The third kappa shape index (κ3) is 3.19. The summed E-state index contributed by atoms with van der Waals surface area (Å²) in [7, 11) is -3.27. The van der Waals surface area contributed by atoms with Gasteiger partial charge in [0.2, 0.25) is 0 Å². The highest BCUT2D eigenvalue weighted by Crippen LogP contribution is 2.32. The minimum absolute atomic E-state index is 0.123. The molecule has 0 saturated carbocycles. The first-order chi connectivity index (χ1) is 11.1. The van der Waals surface area contributed by atoms with E-state index < -0.39 is 10.2 Å². The van der Waals surface area contributed by atoms with Crippen molar-refractivity contribution in [2.45, 2.75) is 38.3 Å². The molecular formula is C15H24N4O2S2. The van der Waals surface area contributed by atoms with Gasteiger partial charge < -0.3 is 0 Å². The summed E-state index contributed by atoms with van der Waals surface area (Å²) in [5.74, 6) is 0.449. The molecule has 4 aliphatic rings. The van der Waals surface area contributed by atoms with Crippen LogP contribution in [0.3, 0.4) is 0 Å². The van der Waals surface area contributed by atoms with E-state index in [1.165, 1.54) is 0 Å². The van der Waals surface area contributed by atoms with Crippen molar-refractivity contribution in [1.29, 1.82) is 0 Å². The summed E-state index contributed by atoms with van der Waals surface area (Å²) < 4.78 is 29.5. The zero-order chi connectivity index (χ0) is 15.9. The maximum absolute atomic E-state index is 13.0. The number of rotatable bonds is 4. The van der Waals surface area contributed by atoms with Gasteiger partial charge in [0.15, 0.2) is 0 Å². The van der Waals surface area contributed by atoms with Crippen molar-refractivity contribution in [3.8, 4) is 0 Å². The number of fused-ring (bicyclic) bond motifs is 4. The number of thiazole rings is 1. The zero-order valence-electron chi connectivity index (χ0n) is 13.3. The van der Waals surface area contributed by atoms with E-state index >= 15 is 0 Å². The van der Waals surface area contributed by atoms with Crippen LogP contribution in [0.5, 0.6) is 0 Å². The van der Waals surface area contributed by atoms with E-state index in [0.717, 1.165) is 51.0 Å². The topological polar surface area (TPSA) is 56.8 Å². The molecule has 5 heterocycles. The monoisotopic (exact) mass is 356 g/mol. The van der Waals surface area contributed by atoms with Crippen LogP contribution in [0.4, 0.5) is 0 Å². The second kappa shape index (κ2) is 6.40. The third-order valence-electron chi connectivity index (χ3n) is 5.30. The quantitative estimate of drug-likeness (QED) is 0.818. The second-order valence-electron chi connectivity index (χ2n) is 6.95. The van der Waals surface area contributed by atoms with Crippen LogP contribution in [0.25, 0.3) is 0 Å². The Morgan fingerprint density at radius 3 is 2.74 bits per heavy atom. The van der Waals surface area contributed by atoms with Gasteiger partial charge in [-0.2, -0.15) is 17.0 Å². The molecule has 4 aliphatic heterocycles. The van der Waals surface area contributed by atoms with E-state index in [0.29, 0.717) is 25.6 Å². The van der Waals surface area contributed by atoms with Gasteiger partial charge in [-0.05, 0) is 31.6 Å². The van der Waals surface area contributed by atoms with Crippen LogP contribution >= 0.6 is 11.3 Å². The van der Waals surface area contributed by atoms with Crippen molar-refractivity contribution in [3.05, 3.63) is 16.6 Å². The largest absolute Gasteiger partial charge is 0.296 e. The van der Waals surface area contributed by atoms with E-state index in [4.69, 9.17) is 0 Å². The van der Waals surface area contributed by atoms with Gasteiger partial charge in [-0.3, -0.25) is 4.90 Å². The molecule has 1 aromatic heterocycles. The molecule has 6 nitrogen and oxygen atoms in total.